The van der Waals surface area contributed by atoms with Crippen molar-refractivity contribution in [2.24, 2.45) is 0 Å². The number of guanidine groups is 1. The van der Waals surface area contributed by atoms with E-state index in [1.54, 1.807) is 4.57 Å². The number of aryl methyl sites for hydroxylation is 1. The van der Waals surface area contributed by atoms with Gasteiger partial charge in [0.25, 0.3) is 11.5 Å². The largest absolute Gasteiger partial charge is 0.361 e. The van der Waals surface area contributed by atoms with Gasteiger partial charge in [0, 0.05) is 45.9 Å². The van der Waals surface area contributed by atoms with Gasteiger partial charge in [-0.2, -0.15) is 0 Å². The molecule has 0 amide bonds. The number of nitrogens with zero attached hydrogens (tertiary/aromatic N) is 2. The molecule has 7 nitrogen and oxygen atoms in total. The van der Waals surface area contributed by atoms with Crippen LogP contribution in [-0.4, -0.2) is 27.0 Å². The Bertz CT molecular complexity index is 1340. The van der Waals surface area contributed by atoms with E-state index >= 15 is 0 Å². The first-order valence-electron chi connectivity index (χ1n) is 10.1. The average Bonchev–Trinajstić information content (AvgIpc) is 3.16. The van der Waals surface area contributed by atoms with E-state index in [0.29, 0.717) is 29.2 Å². The molecule has 0 bridgehead atoms. The van der Waals surface area contributed by atoms with Crippen molar-refractivity contribution in [3.63, 3.8) is 0 Å². The standard InChI is InChI=1S/C23H21ClN6O/c1-14-12-20(31)30-21(15-6-8-17(24)9-7-15)28-22(29-23(30)27-14)25-11-10-16-13-26-19-5-3-2-4-18(16)19/h2-9,12-13,21,26H,10-11H2,1H3,(H2,25,27,28,29)/p+1. The number of fused-ring (bicyclic) bond motifs is 2. The van der Waals surface area contributed by atoms with Crippen LogP contribution in [0.2, 0.25) is 5.02 Å². The molecule has 2 aromatic heterocycles. The van der Waals surface area contributed by atoms with Gasteiger partial charge in [-0.05, 0) is 30.7 Å². The Morgan fingerprint density at radius 2 is 1.97 bits per heavy atom. The minimum Gasteiger partial charge on any atom is -0.361 e. The molecule has 2 aromatic carbocycles. The second-order valence-electron chi connectivity index (χ2n) is 7.56. The summed E-state index contributed by atoms with van der Waals surface area (Å²) < 4.78 is 1.61. The number of para-hydroxylation sites is 1. The highest BCUT2D eigenvalue weighted by atomic mass is 35.5. The molecule has 1 aliphatic heterocycles. The fraction of sp³-hybridized carbons (Fsp3) is 0.174. The summed E-state index contributed by atoms with van der Waals surface area (Å²) in [5, 5.41) is 8.48. The van der Waals surface area contributed by atoms with Crippen molar-refractivity contribution < 1.29 is 4.99 Å². The molecule has 0 radical (unpaired) electrons. The van der Waals surface area contributed by atoms with Gasteiger partial charge < -0.3 is 4.98 Å². The highest BCUT2D eigenvalue weighted by Gasteiger charge is 2.31. The summed E-state index contributed by atoms with van der Waals surface area (Å²) in [6.45, 7) is 2.52. The highest BCUT2D eigenvalue weighted by molar-refractivity contribution is 6.30. The molecule has 0 saturated carbocycles. The zero-order valence-corrected chi connectivity index (χ0v) is 17.7. The van der Waals surface area contributed by atoms with Gasteiger partial charge in [-0.1, -0.05) is 41.9 Å². The van der Waals surface area contributed by atoms with E-state index in [-0.39, 0.29) is 5.56 Å². The second-order valence-corrected chi connectivity index (χ2v) is 8.00. The third kappa shape index (κ3) is 3.80. The molecule has 8 heteroatoms. The predicted octanol–water partition coefficient (Wildman–Crippen LogP) is 1.93. The monoisotopic (exact) mass is 433 g/mol. The van der Waals surface area contributed by atoms with Gasteiger partial charge in [0.2, 0.25) is 0 Å². The van der Waals surface area contributed by atoms with Crippen LogP contribution in [0.25, 0.3) is 10.9 Å². The van der Waals surface area contributed by atoms with E-state index in [1.807, 2.05) is 43.3 Å². The number of hydrogen-bond acceptors (Lipinski definition) is 2. The van der Waals surface area contributed by atoms with Crippen molar-refractivity contribution in [2.45, 2.75) is 19.5 Å². The van der Waals surface area contributed by atoms with Gasteiger partial charge in [0.15, 0.2) is 6.17 Å². The van der Waals surface area contributed by atoms with Crippen LogP contribution in [0.1, 0.15) is 23.0 Å². The Balaban J connectivity index is 1.44. The number of nitrogens with one attached hydrogen (secondary N) is 4. The number of benzene rings is 2. The maximum absolute atomic E-state index is 12.7. The van der Waals surface area contributed by atoms with Crippen LogP contribution in [0.5, 0.6) is 0 Å². The Morgan fingerprint density at radius 1 is 1.16 bits per heavy atom. The fourth-order valence-electron chi connectivity index (χ4n) is 3.93. The van der Waals surface area contributed by atoms with Crippen molar-refractivity contribution in [3.05, 3.63) is 93.0 Å². The molecule has 1 aliphatic rings. The molecule has 0 fully saturated rings. The van der Waals surface area contributed by atoms with Crippen molar-refractivity contribution in [2.75, 3.05) is 11.9 Å². The third-order valence-corrected chi connectivity index (χ3v) is 5.67. The molecule has 4 N–H and O–H groups in total. The van der Waals surface area contributed by atoms with Gasteiger partial charge in [-0.3, -0.25) is 15.1 Å². The smallest absolute Gasteiger partial charge is 0.352 e. The van der Waals surface area contributed by atoms with Crippen LogP contribution >= 0.6 is 11.6 Å². The maximum Gasteiger partial charge on any atom is 0.352 e. The van der Waals surface area contributed by atoms with E-state index < -0.39 is 6.17 Å². The van der Waals surface area contributed by atoms with Crippen molar-refractivity contribution in [1.29, 1.82) is 0 Å². The predicted molar refractivity (Wildman–Crippen MR) is 122 cm³/mol. The van der Waals surface area contributed by atoms with E-state index in [4.69, 9.17) is 11.6 Å². The first-order valence-corrected chi connectivity index (χ1v) is 10.5. The lowest BCUT2D eigenvalue weighted by atomic mass is 10.1. The van der Waals surface area contributed by atoms with Gasteiger partial charge >= 0.3 is 5.96 Å². The first kappa shape index (κ1) is 19.4. The van der Waals surface area contributed by atoms with Crippen molar-refractivity contribution in [3.8, 4) is 0 Å². The van der Waals surface area contributed by atoms with Gasteiger partial charge in [0.1, 0.15) is 0 Å². The molecule has 3 heterocycles. The fourth-order valence-corrected chi connectivity index (χ4v) is 4.05. The molecule has 1 unspecified atom stereocenters. The summed E-state index contributed by atoms with van der Waals surface area (Å²) in [6.07, 6.45) is 2.50. The number of halogens is 1. The van der Waals surface area contributed by atoms with E-state index in [2.05, 4.69) is 43.9 Å². The van der Waals surface area contributed by atoms with Crippen LogP contribution in [-0.2, 0) is 6.42 Å². The highest BCUT2D eigenvalue weighted by Crippen LogP contribution is 2.22. The van der Waals surface area contributed by atoms with Crippen molar-refractivity contribution >= 4 is 34.4 Å². The minimum absolute atomic E-state index is 0.125. The minimum atomic E-state index is -0.398. The van der Waals surface area contributed by atoms with Crippen LogP contribution in [0.4, 0.5) is 5.95 Å². The molecule has 5 rings (SSSR count). The molecule has 4 aromatic rings. The Kier molecular flexibility index (Phi) is 4.95. The zero-order valence-electron chi connectivity index (χ0n) is 16.9. The number of rotatable bonds is 4. The normalized spacial score (nSPS) is 16.7. The Morgan fingerprint density at radius 3 is 2.81 bits per heavy atom. The summed E-state index contributed by atoms with van der Waals surface area (Å²) in [5.74, 6) is 1.20. The first-order chi connectivity index (χ1) is 15.1. The summed E-state index contributed by atoms with van der Waals surface area (Å²) in [7, 11) is 0. The molecular formula is C23H22ClN6O+. The van der Waals surface area contributed by atoms with E-state index in [1.165, 1.54) is 17.0 Å². The van der Waals surface area contributed by atoms with Crippen LogP contribution in [0, 0.1) is 6.92 Å². The van der Waals surface area contributed by atoms with Gasteiger partial charge in [-0.15, -0.1) is 0 Å². The lowest BCUT2D eigenvalue weighted by molar-refractivity contribution is -0.459. The number of anilines is 1. The molecule has 31 heavy (non-hydrogen) atoms. The second kappa shape index (κ2) is 7.92. The average molecular weight is 434 g/mol. The van der Waals surface area contributed by atoms with Crippen LogP contribution < -0.4 is 21.2 Å². The lowest BCUT2D eigenvalue weighted by Gasteiger charge is -2.25. The summed E-state index contributed by atoms with van der Waals surface area (Å²) in [6, 6.07) is 17.3. The Labute approximate surface area is 183 Å². The molecule has 1 atom stereocenters. The van der Waals surface area contributed by atoms with Gasteiger partial charge in [0.05, 0.1) is 6.54 Å². The zero-order chi connectivity index (χ0) is 21.4. The third-order valence-electron chi connectivity index (χ3n) is 5.41. The number of aromatic nitrogens is 3. The molecule has 0 spiro atoms. The summed E-state index contributed by atoms with van der Waals surface area (Å²) in [4.78, 5) is 24.0. The van der Waals surface area contributed by atoms with Gasteiger partial charge in [-0.25, -0.2) is 14.9 Å². The molecule has 156 valence electrons. The summed E-state index contributed by atoms with van der Waals surface area (Å²) in [5.41, 5.74) is 3.84. The summed E-state index contributed by atoms with van der Waals surface area (Å²) >= 11 is 6.06. The maximum atomic E-state index is 12.7. The Hall–Kier alpha value is -3.58. The molecule has 0 saturated heterocycles. The van der Waals surface area contributed by atoms with Crippen LogP contribution in [0.15, 0.2) is 65.6 Å². The molecular weight excluding hydrogens is 412 g/mol. The van der Waals surface area contributed by atoms with E-state index in [9.17, 15) is 4.79 Å². The molecule has 0 aliphatic carbocycles. The number of H-pyrrole nitrogens is 1. The van der Waals surface area contributed by atoms with Crippen molar-refractivity contribution in [1.82, 2.24) is 19.9 Å². The number of aromatic amines is 1. The number of hydrogen-bond donors (Lipinski definition) is 4. The van der Waals surface area contributed by atoms with Crippen LogP contribution in [0.3, 0.4) is 0 Å². The quantitative estimate of drug-likeness (QED) is 0.396. The topological polar surface area (TPSA) is 88.7 Å². The van der Waals surface area contributed by atoms with E-state index in [0.717, 1.165) is 17.5 Å². The lowest BCUT2D eigenvalue weighted by Crippen LogP contribution is -2.80. The SMILES string of the molecule is Cc1cc(=O)n2c(n1)NC(=[NH+]CCc1c[nH]c3ccccc13)NC2c1ccc(Cl)cc1.